The number of rotatable bonds is 5. The first-order valence-corrected chi connectivity index (χ1v) is 9.48. The monoisotopic (exact) mass is 358 g/mol. The normalized spacial score (nSPS) is 16.1. The summed E-state index contributed by atoms with van der Waals surface area (Å²) in [6, 6.07) is 8.41. The summed E-state index contributed by atoms with van der Waals surface area (Å²) in [7, 11) is 3.96. The third kappa shape index (κ3) is 5.17. The van der Waals surface area contributed by atoms with Crippen LogP contribution in [0, 0.1) is 0 Å². The topological polar surface area (TPSA) is 55.8 Å². The Morgan fingerprint density at radius 1 is 1.20 bits per heavy atom. The van der Waals surface area contributed by atoms with Crippen molar-refractivity contribution in [2.24, 2.45) is 4.99 Å². The first-order valence-electron chi connectivity index (χ1n) is 8.60. The van der Waals surface area contributed by atoms with Gasteiger partial charge in [0, 0.05) is 50.8 Å². The van der Waals surface area contributed by atoms with Crippen LogP contribution in [-0.4, -0.2) is 56.1 Å². The molecule has 0 atom stereocenters. The molecule has 6 nitrogen and oxygen atoms in total. The molecule has 1 fully saturated rings. The van der Waals surface area contributed by atoms with Crippen LogP contribution in [0.2, 0.25) is 0 Å². The molecule has 25 heavy (non-hydrogen) atoms. The smallest absolute Gasteiger partial charge is 0.191 e. The van der Waals surface area contributed by atoms with Gasteiger partial charge in [0.05, 0.1) is 6.54 Å². The standard InChI is InChI=1S/C18H26N6S/c1-19-18(22-14-16-4-3-11-25-16)21-13-15-5-6-20-17(12-15)24-9-7-23(2)8-10-24/h3-6,11-12H,7-10,13-14H2,1-2H3,(H2,19,21,22). The van der Waals surface area contributed by atoms with Crippen molar-refractivity contribution in [3.8, 4) is 0 Å². The predicted molar refractivity (Wildman–Crippen MR) is 105 cm³/mol. The van der Waals surface area contributed by atoms with Gasteiger partial charge in [-0.3, -0.25) is 4.99 Å². The van der Waals surface area contributed by atoms with Crippen molar-refractivity contribution < 1.29 is 0 Å². The lowest BCUT2D eigenvalue weighted by molar-refractivity contribution is 0.312. The van der Waals surface area contributed by atoms with Gasteiger partial charge in [-0.1, -0.05) is 6.07 Å². The predicted octanol–water partition coefficient (Wildman–Crippen LogP) is 1.76. The number of aliphatic imine (C=N–C) groups is 1. The molecule has 2 aromatic heterocycles. The molecular formula is C18H26N6S. The Bertz CT molecular complexity index is 677. The lowest BCUT2D eigenvalue weighted by atomic mass is 10.2. The van der Waals surface area contributed by atoms with E-state index in [1.54, 1.807) is 18.4 Å². The maximum atomic E-state index is 4.54. The molecule has 2 aromatic rings. The average molecular weight is 359 g/mol. The Labute approximate surface area is 153 Å². The van der Waals surface area contributed by atoms with Crippen molar-refractivity contribution in [3.63, 3.8) is 0 Å². The first kappa shape index (κ1) is 17.7. The zero-order valence-corrected chi connectivity index (χ0v) is 15.7. The van der Waals surface area contributed by atoms with Crippen molar-refractivity contribution in [2.45, 2.75) is 13.1 Å². The van der Waals surface area contributed by atoms with Crippen molar-refractivity contribution >= 4 is 23.1 Å². The van der Waals surface area contributed by atoms with Gasteiger partial charge in [-0.15, -0.1) is 11.3 Å². The largest absolute Gasteiger partial charge is 0.354 e. The fourth-order valence-electron chi connectivity index (χ4n) is 2.77. The van der Waals surface area contributed by atoms with Gasteiger partial charge in [-0.25, -0.2) is 4.98 Å². The molecule has 0 aliphatic carbocycles. The van der Waals surface area contributed by atoms with E-state index in [9.17, 15) is 0 Å². The van der Waals surface area contributed by atoms with E-state index in [2.05, 4.69) is 67.1 Å². The Balaban J connectivity index is 1.52. The minimum absolute atomic E-state index is 0.730. The van der Waals surface area contributed by atoms with E-state index in [1.165, 1.54) is 10.4 Å². The maximum Gasteiger partial charge on any atom is 0.191 e. The molecule has 0 unspecified atom stereocenters. The van der Waals surface area contributed by atoms with E-state index in [0.29, 0.717) is 0 Å². The lowest BCUT2D eigenvalue weighted by Crippen LogP contribution is -2.44. The van der Waals surface area contributed by atoms with E-state index >= 15 is 0 Å². The van der Waals surface area contributed by atoms with Gasteiger partial charge in [-0.2, -0.15) is 0 Å². The van der Waals surface area contributed by atoms with Crippen LogP contribution in [0.4, 0.5) is 5.82 Å². The van der Waals surface area contributed by atoms with E-state index in [1.807, 2.05) is 6.20 Å². The summed E-state index contributed by atoms with van der Waals surface area (Å²) in [5.41, 5.74) is 1.21. The Kier molecular flexibility index (Phi) is 6.25. The van der Waals surface area contributed by atoms with Crippen LogP contribution < -0.4 is 15.5 Å². The Hall–Kier alpha value is -2.12. The number of guanidine groups is 1. The molecule has 1 saturated heterocycles. The van der Waals surface area contributed by atoms with E-state index < -0.39 is 0 Å². The number of piperazine rings is 1. The zero-order chi connectivity index (χ0) is 17.5. The number of nitrogens with zero attached hydrogens (tertiary/aromatic N) is 4. The number of hydrogen-bond donors (Lipinski definition) is 2. The fraction of sp³-hybridized carbons (Fsp3) is 0.444. The second-order valence-corrected chi connectivity index (χ2v) is 7.20. The number of nitrogens with one attached hydrogen (secondary N) is 2. The number of likely N-dealkylation sites (N-methyl/N-ethyl adjacent to an activating group) is 1. The Morgan fingerprint density at radius 2 is 2.00 bits per heavy atom. The maximum absolute atomic E-state index is 4.54. The van der Waals surface area contributed by atoms with Crippen molar-refractivity contribution in [3.05, 3.63) is 46.3 Å². The number of pyridine rings is 1. The van der Waals surface area contributed by atoms with Gasteiger partial charge in [-0.05, 0) is 36.2 Å². The SMILES string of the molecule is CN=C(NCc1ccnc(N2CCN(C)CC2)c1)NCc1cccs1. The average Bonchev–Trinajstić information content (AvgIpc) is 3.16. The summed E-state index contributed by atoms with van der Waals surface area (Å²) in [5, 5.41) is 8.80. The van der Waals surface area contributed by atoms with Crippen LogP contribution in [0.3, 0.4) is 0 Å². The molecule has 0 amide bonds. The first-order chi connectivity index (χ1) is 12.2. The Morgan fingerprint density at radius 3 is 2.72 bits per heavy atom. The van der Waals surface area contributed by atoms with Crippen LogP contribution in [0.25, 0.3) is 0 Å². The van der Waals surface area contributed by atoms with Gasteiger partial charge in [0.1, 0.15) is 5.82 Å². The lowest BCUT2D eigenvalue weighted by Gasteiger charge is -2.33. The highest BCUT2D eigenvalue weighted by molar-refractivity contribution is 7.09. The molecule has 1 aliphatic rings. The van der Waals surface area contributed by atoms with E-state index in [-0.39, 0.29) is 0 Å². The number of thiophene rings is 1. The molecule has 0 spiro atoms. The fourth-order valence-corrected chi connectivity index (χ4v) is 3.41. The summed E-state index contributed by atoms with van der Waals surface area (Å²) in [6.45, 7) is 5.76. The molecule has 134 valence electrons. The summed E-state index contributed by atoms with van der Waals surface area (Å²) in [6.07, 6.45) is 1.90. The minimum Gasteiger partial charge on any atom is -0.354 e. The summed E-state index contributed by atoms with van der Waals surface area (Å²) >= 11 is 1.75. The molecule has 3 heterocycles. The number of aromatic nitrogens is 1. The van der Waals surface area contributed by atoms with Gasteiger partial charge in [0.15, 0.2) is 5.96 Å². The third-order valence-electron chi connectivity index (χ3n) is 4.33. The van der Waals surface area contributed by atoms with E-state index in [0.717, 1.165) is 51.0 Å². The van der Waals surface area contributed by atoms with Gasteiger partial charge in [0.25, 0.3) is 0 Å². The molecule has 2 N–H and O–H groups in total. The number of anilines is 1. The van der Waals surface area contributed by atoms with Crippen LogP contribution in [0.15, 0.2) is 40.8 Å². The summed E-state index contributed by atoms with van der Waals surface area (Å²) in [4.78, 5) is 14.8. The molecule has 0 bridgehead atoms. The van der Waals surface area contributed by atoms with Crippen molar-refractivity contribution in [2.75, 3.05) is 45.2 Å². The van der Waals surface area contributed by atoms with Gasteiger partial charge >= 0.3 is 0 Å². The zero-order valence-electron chi connectivity index (χ0n) is 14.9. The van der Waals surface area contributed by atoms with E-state index in [4.69, 9.17) is 0 Å². The van der Waals surface area contributed by atoms with Crippen LogP contribution in [-0.2, 0) is 13.1 Å². The second-order valence-electron chi connectivity index (χ2n) is 6.17. The summed E-state index contributed by atoms with van der Waals surface area (Å²) in [5.74, 6) is 1.88. The molecule has 0 saturated carbocycles. The van der Waals surface area contributed by atoms with Crippen molar-refractivity contribution in [1.82, 2.24) is 20.5 Å². The summed E-state index contributed by atoms with van der Waals surface area (Å²) < 4.78 is 0. The van der Waals surface area contributed by atoms with Gasteiger partial charge in [0.2, 0.25) is 0 Å². The van der Waals surface area contributed by atoms with Gasteiger partial charge < -0.3 is 20.4 Å². The van der Waals surface area contributed by atoms with Crippen molar-refractivity contribution in [1.29, 1.82) is 0 Å². The highest BCUT2D eigenvalue weighted by Crippen LogP contribution is 2.14. The van der Waals surface area contributed by atoms with Crippen LogP contribution in [0.1, 0.15) is 10.4 Å². The van der Waals surface area contributed by atoms with Crippen LogP contribution in [0.5, 0.6) is 0 Å². The molecule has 0 aromatic carbocycles. The molecule has 1 aliphatic heterocycles. The minimum atomic E-state index is 0.730. The molecule has 3 rings (SSSR count). The molecular weight excluding hydrogens is 332 g/mol. The number of hydrogen-bond acceptors (Lipinski definition) is 5. The molecule has 0 radical (unpaired) electrons. The quantitative estimate of drug-likeness (QED) is 0.630. The second kappa shape index (κ2) is 8.82. The highest BCUT2D eigenvalue weighted by Gasteiger charge is 2.15. The molecule has 7 heteroatoms. The third-order valence-corrected chi connectivity index (χ3v) is 5.21. The van der Waals surface area contributed by atoms with Crippen LogP contribution >= 0.6 is 11.3 Å². The highest BCUT2D eigenvalue weighted by atomic mass is 32.1.